The van der Waals surface area contributed by atoms with Crippen LogP contribution in [0.3, 0.4) is 0 Å². The number of anilines is 1. The van der Waals surface area contributed by atoms with Gasteiger partial charge in [-0.2, -0.15) is 5.10 Å². The number of nitrogens with zero attached hydrogens (tertiary/aromatic N) is 3. The van der Waals surface area contributed by atoms with E-state index in [1.807, 2.05) is 6.07 Å². The maximum Gasteiger partial charge on any atom is 0.255 e. The highest BCUT2D eigenvalue weighted by Gasteiger charge is 2.17. The van der Waals surface area contributed by atoms with Gasteiger partial charge in [0.05, 0.1) is 10.4 Å². The Morgan fingerprint density at radius 1 is 1.12 bits per heavy atom. The number of carbonyl (C=O) groups excluding carboxylic acids is 1. The van der Waals surface area contributed by atoms with E-state index in [0.29, 0.717) is 11.3 Å². The van der Waals surface area contributed by atoms with Gasteiger partial charge in [-0.05, 0) is 42.5 Å². The van der Waals surface area contributed by atoms with Gasteiger partial charge in [-0.25, -0.2) is 17.2 Å². The van der Waals surface area contributed by atoms with Gasteiger partial charge < -0.3 is 5.32 Å². The molecular weight excluding hydrogens is 328 g/mol. The van der Waals surface area contributed by atoms with Crippen LogP contribution < -0.4 is 5.32 Å². The molecule has 0 fully saturated rings. The fourth-order valence-electron chi connectivity index (χ4n) is 2.19. The van der Waals surface area contributed by atoms with Gasteiger partial charge in [0.2, 0.25) is 10.0 Å². The number of hydrogen-bond donors (Lipinski definition) is 1. The van der Waals surface area contributed by atoms with Crippen molar-refractivity contribution in [1.82, 2.24) is 13.9 Å². The molecule has 0 saturated heterocycles. The average molecular weight is 344 g/mol. The zero-order chi connectivity index (χ0) is 17.3. The topological polar surface area (TPSA) is 83.8 Å². The third kappa shape index (κ3) is 3.01. The minimum Gasteiger partial charge on any atom is -0.322 e. The summed E-state index contributed by atoms with van der Waals surface area (Å²) in [6.45, 7) is 0. The number of hydrogen-bond acceptors (Lipinski definition) is 4. The summed E-state index contributed by atoms with van der Waals surface area (Å²) < 4.78 is 26.9. The van der Waals surface area contributed by atoms with Gasteiger partial charge in [-0.3, -0.25) is 4.79 Å². The quantitative estimate of drug-likeness (QED) is 0.783. The van der Waals surface area contributed by atoms with Crippen molar-refractivity contribution in [2.45, 2.75) is 4.90 Å². The predicted molar refractivity (Wildman–Crippen MR) is 90.5 cm³/mol. The van der Waals surface area contributed by atoms with E-state index in [1.54, 1.807) is 29.0 Å². The number of aromatic nitrogens is 2. The molecule has 0 bridgehead atoms. The van der Waals surface area contributed by atoms with E-state index in [2.05, 4.69) is 10.4 Å². The second-order valence-corrected chi connectivity index (χ2v) is 7.53. The van der Waals surface area contributed by atoms with Crippen molar-refractivity contribution in [3.8, 4) is 0 Å². The number of pyridine rings is 1. The van der Waals surface area contributed by atoms with Crippen molar-refractivity contribution in [2.24, 2.45) is 0 Å². The summed E-state index contributed by atoms with van der Waals surface area (Å²) in [5.74, 6) is -0.312. The maximum atomic E-state index is 12.3. The van der Waals surface area contributed by atoms with Crippen molar-refractivity contribution in [3.63, 3.8) is 0 Å². The molecule has 3 aromatic rings. The summed E-state index contributed by atoms with van der Waals surface area (Å²) in [5, 5.41) is 6.87. The number of carbonyl (C=O) groups is 1. The first-order valence-corrected chi connectivity index (χ1v) is 8.59. The van der Waals surface area contributed by atoms with E-state index in [4.69, 9.17) is 0 Å². The lowest BCUT2D eigenvalue weighted by atomic mass is 10.2. The van der Waals surface area contributed by atoms with E-state index in [9.17, 15) is 13.2 Å². The highest BCUT2D eigenvalue weighted by atomic mass is 32.2. The normalized spacial score (nSPS) is 11.8. The largest absolute Gasteiger partial charge is 0.322 e. The molecule has 0 aliphatic rings. The third-order valence-corrected chi connectivity index (χ3v) is 5.38. The lowest BCUT2D eigenvalue weighted by Gasteiger charge is -2.11. The van der Waals surface area contributed by atoms with Crippen LogP contribution in [0.1, 0.15) is 10.4 Å². The van der Waals surface area contributed by atoms with Gasteiger partial charge in [0.25, 0.3) is 5.91 Å². The van der Waals surface area contributed by atoms with Crippen LogP contribution in [0.2, 0.25) is 0 Å². The first kappa shape index (κ1) is 16.2. The predicted octanol–water partition coefficient (Wildman–Crippen LogP) is 1.84. The smallest absolute Gasteiger partial charge is 0.255 e. The summed E-state index contributed by atoms with van der Waals surface area (Å²) in [6, 6.07) is 11.2. The van der Waals surface area contributed by atoms with E-state index in [-0.39, 0.29) is 10.8 Å². The SMILES string of the molecule is CN(C)S(=O)(=O)c1ccc(C(=O)Nc2ccn3nccc3c2)cc1. The number of fused-ring (bicyclic) bond motifs is 1. The molecule has 0 unspecified atom stereocenters. The maximum absolute atomic E-state index is 12.3. The van der Waals surface area contributed by atoms with Crippen molar-refractivity contribution < 1.29 is 13.2 Å². The first-order chi connectivity index (χ1) is 11.4. The molecule has 124 valence electrons. The molecule has 1 amide bonds. The van der Waals surface area contributed by atoms with Crippen LogP contribution in [-0.4, -0.2) is 42.3 Å². The summed E-state index contributed by atoms with van der Waals surface area (Å²) in [7, 11) is -0.583. The Morgan fingerprint density at radius 2 is 1.83 bits per heavy atom. The Hall–Kier alpha value is -2.71. The summed E-state index contributed by atoms with van der Waals surface area (Å²) >= 11 is 0. The van der Waals surface area contributed by atoms with Gasteiger partial charge >= 0.3 is 0 Å². The minimum atomic E-state index is -3.50. The third-order valence-electron chi connectivity index (χ3n) is 3.55. The molecule has 0 atom stereocenters. The van der Waals surface area contributed by atoms with E-state index in [0.717, 1.165) is 9.82 Å². The van der Waals surface area contributed by atoms with E-state index < -0.39 is 10.0 Å². The standard InChI is InChI=1S/C16H16N4O3S/c1-19(2)24(22,23)15-5-3-12(4-6-15)16(21)18-13-8-10-20-14(11-13)7-9-17-20/h3-11H,1-2H3,(H,18,21). The fraction of sp³-hybridized carbons (Fsp3) is 0.125. The Kier molecular flexibility index (Phi) is 4.08. The monoisotopic (exact) mass is 344 g/mol. The number of amides is 1. The molecule has 24 heavy (non-hydrogen) atoms. The summed E-state index contributed by atoms with van der Waals surface area (Å²) in [5.41, 5.74) is 1.87. The molecule has 3 rings (SSSR count). The Balaban J connectivity index is 1.80. The van der Waals surface area contributed by atoms with Crippen LogP contribution in [0.4, 0.5) is 5.69 Å². The first-order valence-electron chi connectivity index (χ1n) is 7.15. The Morgan fingerprint density at radius 3 is 2.50 bits per heavy atom. The fourth-order valence-corrected chi connectivity index (χ4v) is 3.09. The Labute approximate surface area is 139 Å². The highest BCUT2D eigenvalue weighted by Crippen LogP contribution is 2.16. The number of nitrogens with one attached hydrogen (secondary N) is 1. The molecule has 0 spiro atoms. The van der Waals surface area contributed by atoms with Crippen LogP contribution in [0, 0.1) is 0 Å². The molecule has 1 N–H and O–H groups in total. The van der Waals surface area contributed by atoms with E-state index in [1.165, 1.54) is 38.4 Å². The van der Waals surface area contributed by atoms with Crippen LogP contribution in [0.25, 0.3) is 5.52 Å². The lowest BCUT2D eigenvalue weighted by Crippen LogP contribution is -2.22. The van der Waals surface area contributed by atoms with Crippen molar-refractivity contribution >= 4 is 27.1 Å². The number of sulfonamides is 1. The van der Waals surface area contributed by atoms with Crippen molar-refractivity contribution in [2.75, 3.05) is 19.4 Å². The second-order valence-electron chi connectivity index (χ2n) is 5.38. The van der Waals surface area contributed by atoms with E-state index >= 15 is 0 Å². The van der Waals surface area contributed by atoms with Gasteiger partial charge in [-0.15, -0.1) is 0 Å². The molecule has 2 aromatic heterocycles. The van der Waals surface area contributed by atoms with Gasteiger partial charge in [0.1, 0.15) is 0 Å². The summed E-state index contributed by atoms with van der Waals surface area (Å²) in [4.78, 5) is 12.4. The molecule has 0 radical (unpaired) electrons. The molecule has 0 saturated carbocycles. The second kappa shape index (κ2) is 6.06. The zero-order valence-corrected chi connectivity index (χ0v) is 14.0. The number of benzene rings is 1. The average Bonchev–Trinajstić information content (AvgIpc) is 3.02. The van der Waals surface area contributed by atoms with Crippen LogP contribution in [0.15, 0.2) is 59.8 Å². The van der Waals surface area contributed by atoms with Gasteiger partial charge in [0.15, 0.2) is 0 Å². The van der Waals surface area contributed by atoms with Gasteiger partial charge in [0, 0.05) is 37.7 Å². The molecule has 0 aliphatic heterocycles. The Bertz CT molecular complexity index is 992. The van der Waals surface area contributed by atoms with Crippen molar-refractivity contribution in [3.05, 3.63) is 60.4 Å². The van der Waals surface area contributed by atoms with Crippen LogP contribution >= 0.6 is 0 Å². The summed E-state index contributed by atoms with van der Waals surface area (Å²) in [6.07, 6.45) is 3.42. The molecule has 1 aromatic carbocycles. The lowest BCUT2D eigenvalue weighted by molar-refractivity contribution is 0.102. The van der Waals surface area contributed by atoms with Crippen LogP contribution in [-0.2, 0) is 10.0 Å². The minimum absolute atomic E-state index is 0.143. The van der Waals surface area contributed by atoms with Crippen molar-refractivity contribution in [1.29, 1.82) is 0 Å². The molecule has 0 aliphatic carbocycles. The molecular formula is C16H16N4O3S. The molecule has 7 nitrogen and oxygen atoms in total. The van der Waals surface area contributed by atoms with Gasteiger partial charge in [-0.1, -0.05) is 0 Å². The molecule has 2 heterocycles. The highest BCUT2D eigenvalue weighted by molar-refractivity contribution is 7.89. The number of rotatable bonds is 4. The molecule has 8 heteroatoms. The van der Waals surface area contributed by atoms with Crippen LogP contribution in [0.5, 0.6) is 0 Å². The zero-order valence-electron chi connectivity index (χ0n) is 13.2.